The maximum absolute atomic E-state index is 11.5. The van der Waals surface area contributed by atoms with Crippen LogP contribution in [-0.4, -0.2) is 45.6 Å². The van der Waals surface area contributed by atoms with Crippen molar-refractivity contribution < 1.29 is 24.4 Å². The summed E-state index contributed by atoms with van der Waals surface area (Å²) < 4.78 is 4.89. The maximum atomic E-state index is 11.5. The van der Waals surface area contributed by atoms with Gasteiger partial charge in [0.2, 0.25) is 5.91 Å². The molecule has 11 heteroatoms. The molecule has 0 spiro atoms. The summed E-state index contributed by atoms with van der Waals surface area (Å²) in [6.07, 6.45) is 0.959. The van der Waals surface area contributed by atoms with Crippen LogP contribution in [0.3, 0.4) is 0 Å². The van der Waals surface area contributed by atoms with Gasteiger partial charge in [-0.3, -0.25) is 19.7 Å². The molecule has 1 unspecified atom stereocenters. The fourth-order valence-corrected chi connectivity index (χ4v) is 2.74. The molecule has 0 aromatic heterocycles. The molecule has 10 nitrogen and oxygen atoms in total. The molecule has 1 aliphatic rings. The average Bonchev–Trinajstić information content (AvgIpc) is 2.86. The number of carbonyl (C=O) groups excluding carboxylic acids is 1. The molecule has 1 atom stereocenters. The summed E-state index contributed by atoms with van der Waals surface area (Å²) in [7, 11) is 1.33. The van der Waals surface area contributed by atoms with Gasteiger partial charge < -0.3 is 15.2 Å². The number of methoxy groups -OCH3 is 1. The first-order valence-electron chi connectivity index (χ1n) is 6.53. The molecule has 24 heavy (non-hydrogen) atoms. The predicted octanol–water partition coefficient (Wildman–Crippen LogP) is 1.000. The van der Waals surface area contributed by atoms with E-state index in [9.17, 15) is 19.7 Å². The Morgan fingerprint density at radius 2 is 2.33 bits per heavy atom. The van der Waals surface area contributed by atoms with Gasteiger partial charge in [-0.2, -0.15) is 5.10 Å². The van der Waals surface area contributed by atoms with Crippen LogP contribution in [0.1, 0.15) is 12.0 Å². The molecule has 126 valence electrons. The summed E-state index contributed by atoms with van der Waals surface area (Å²) in [6, 6.07) is 4.26. The van der Waals surface area contributed by atoms with Crippen molar-refractivity contribution in [2.45, 2.75) is 11.7 Å². The van der Waals surface area contributed by atoms with Crippen LogP contribution in [0.4, 0.5) is 5.69 Å². The van der Waals surface area contributed by atoms with E-state index in [0.717, 1.165) is 11.8 Å². The molecule has 0 saturated carbocycles. The first-order chi connectivity index (χ1) is 11.4. The number of carbonyl (C=O) groups is 2. The van der Waals surface area contributed by atoms with E-state index >= 15 is 0 Å². The second kappa shape index (κ2) is 7.55. The van der Waals surface area contributed by atoms with Crippen LogP contribution in [0, 0.1) is 10.1 Å². The third-order valence-corrected chi connectivity index (χ3v) is 3.96. The number of amidine groups is 1. The number of carboxylic acid groups (broad SMARTS) is 1. The van der Waals surface area contributed by atoms with Crippen LogP contribution < -0.4 is 10.1 Å². The molecule has 0 aliphatic carbocycles. The highest BCUT2D eigenvalue weighted by atomic mass is 32.2. The number of rotatable bonds is 6. The van der Waals surface area contributed by atoms with Crippen molar-refractivity contribution in [3.8, 4) is 5.75 Å². The smallest absolute Gasteiger partial charge is 0.311 e. The van der Waals surface area contributed by atoms with Crippen LogP contribution in [0.2, 0.25) is 0 Å². The summed E-state index contributed by atoms with van der Waals surface area (Å²) >= 11 is 0.963. The molecule has 0 bridgehead atoms. The first-order valence-corrected chi connectivity index (χ1v) is 7.41. The Hall–Kier alpha value is -2.95. The van der Waals surface area contributed by atoms with Crippen molar-refractivity contribution in [3.63, 3.8) is 0 Å². The van der Waals surface area contributed by atoms with E-state index in [4.69, 9.17) is 9.84 Å². The lowest BCUT2D eigenvalue weighted by atomic mass is 10.2. The van der Waals surface area contributed by atoms with Gasteiger partial charge in [-0.05, 0) is 12.1 Å². The second-order valence-electron chi connectivity index (χ2n) is 4.53. The summed E-state index contributed by atoms with van der Waals surface area (Å²) in [5, 5.41) is 29.0. The molecule has 0 radical (unpaired) electrons. The molecule has 1 fully saturated rings. The van der Waals surface area contributed by atoms with Gasteiger partial charge in [-0.15, -0.1) is 5.10 Å². The minimum absolute atomic E-state index is 0.124. The third kappa shape index (κ3) is 4.29. The minimum atomic E-state index is -1.09. The molecular formula is C13H12N4O6S. The number of aliphatic carboxylic acids is 1. The molecular weight excluding hydrogens is 340 g/mol. The number of ether oxygens (including phenoxy) is 1. The van der Waals surface area contributed by atoms with E-state index in [1.807, 2.05) is 0 Å². The van der Waals surface area contributed by atoms with Crippen molar-refractivity contribution in [1.82, 2.24) is 5.32 Å². The fourth-order valence-electron chi connectivity index (χ4n) is 1.82. The number of carboxylic acids is 1. The van der Waals surface area contributed by atoms with Crippen molar-refractivity contribution in [2.24, 2.45) is 10.2 Å². The van der Waals surface area contributed by atoms with Crippen LogP contribution in [0.5, 0.6) is 5.75 Å². The Morgan fingerprint density at radius 1 is 1.58 bits per heavy atom. The highest BCUT2D eigenvalue weighted by Gasteiger charge is 2.32. The summed E-state index contributed by atoms with van der Waals surface area (Å²) in [5.41, 5.74) is 0.211. The fraction of sp³-hybridized carbons (Fsp3) is 0.231. The number of nitrogens with zero attached hydrogens (tertiary/aromatic N) is 3. The van der Waals surface area contributed by atoms with E-state index in [0.29, 0.717) is 5.56 Å². The number of thioether (sulfide) groups is 1. The number of amides is 1. The van der Waals surface area contributed by atoms with Gasteiger partial charge in [0, 0.05) is 11.6 Å². The Bertz CT molecular complexity index is 748. The van der Waals surface area contributed by atoms with Crippen molar-refractivity contribution >= 4 is 40.7 Å². The number of nitrogens with one attached hydrogen (secondary N) is 1. The lowest BCUT2D eigenvalue weighted by molar-refractivity contribution is -0.385. The third-order valence-electron chi connectivity index (χ3n) is 2.89. The van der Waals surface area contributed by atoms with Crippen LogP contribution in [-0.2, 0) is 9.59 Å². The topological polar surface area (TPSA) is 143 Å². The Balaban J connectivity index is 2.09. The van der Waals surface area contributed by atoms with E-state index in [-0.39, 0.29) is 23.0 Å². The summed E-state index contributed by atoms with van der Waals surface area (Å²) in [5.74, 6) is -1.41. The summed E-state index contributed by atoms with van der Waals surface area (Å²) in [4.78, 5) is 32.5. The molecule has 2 N–H and O–H groups in total. The molecule has 2 rings (SSSR count). The van der Waals surface area contributed by atoms with Gasteiger partial charge in [-0.1, -0.05) is 11.8 Å². The van der Waals surface area contributed by atoms with Crippen LogP contribution in [0.25, 0.3) is 0 Å². The van der Waals surface area contributed by atoms with Crippen LogP contribution >= 0.6 is 11.8 Å². The zero-order valence-electron chi connectivity index (χ0n) is 12.3. The van der Waals surface area contributed by atoms with Gasteiger partial charge >= 0.3 is 11.7 Å². The van der Waals surface area contributed by atoms with Crippen molar-refractivity contribution in [3.05, 3.63) is 33.9 Å². The lowest BCUT2D eigenvalue weighted by Crippen LogP contribution is -2.26. The Kier molecular flexibility index (Phi) is 5.47. The monoisotopic (exact) mass is 352 g/mol. The van der Waals surface area contributed by atoms with Gasteiger partial charge in [0.15, 0.2) is 10.9 Å². The summed E-state index contributed by atoms with van der Waals surface area (Å²) in [6.45, 7) is 0. The Labute approximate surface area is 139 Å². The number of nitro benzene ring substituents is 1. The highest BCUT2D eigenvalue weighted by Crippen LogP contribution is 2.27. The average molecular weight is 352 g/mol. The van der Waals surface area contributed by atoms with Gasteiger partial charge in [0.25, 0.3) is 0 Å². The number of nitro groups is 1. The highest BCUT2D eigenvalue weighted by molar-refractivity contribution is 8.15. The lowest BCUT2D eigenvalue weighted by Gasteiger charge is -2.01. The SMILES string of the molecule is COc1ccc(/C=N\N=C2/NC(=O)C(CC(=O)O)S2)cc1[N+](=O)[O-]. The molecule has 1 aromatic rings. The maximum Gasteiger partial charge on any atom is 0.311 e. The quantitative estimate of drug-likeness (QED) is 0.441. The zero-order chi connectivity index (χ0) is 17.7. The minimum Gasteiger partial charge on any atom is -0.490 e. The Morgan fingerprint density at radius 3 is 2.96 bits per heavy atom. The first kappa shape index (κ1) is 17.4. The molecule has 1 aliphatic heterocycles. The van der Waals surface area contributed by atoms with E-state index in [1.165, 1.54) is 25.5 Å². The van der Waals surface area contributed by atoms with Gasteiger partial charge in [-0.25, -0.2) is 0 Å². The van der Waals surface area contributed by atoms with Crippen molar-refractivity contribution in [1.29, 1.82) is 0 Å². The largest absolute Gasteiger partial charge is 0.490 e. The molecule has 1 amide bonds. The molecule has 1 heterocycles. The molecule has 1 saturated heterocycles. The second-order valence-corrected chi connectivity index (χ2v) is 5.72. The standard InChI is InChI=1S/C13H12N4O6S/c1-23-9-3-2-7(4-8(9)17(21)22)6-14-16-13-15-12(20)10(24-13)5-11(18)19/h2-4,6,10H,5H2,1H3,(H,18,19)(H,15,16,20)/b14-6-. The normalized spacial score (nSPS) is 18.8. The predicted molar refractivity (Wildman–Crippen MR) is 86.5 cm³/mol. The van der Waals surface area contributed by atoms with E-state index in [1.54, 1.807) is 6.07 Å². The molecule has 1 aromatic carbocycles. The zero-order valence-corrected chi connectivity index (χ0v) is 13.1. The number of hydrogen-bond donors (Lipinski definition) is 2. The van der Waals surface area contributed by atoms with E-state index < -0.39 is 22.0 Å². The van der Waals surface area contributed by atoms with E-state index in [2.05, 4.69) is 15.5 Å². The van der Waals surface area contributed by atoms with Crippen LogP contribution in [0.15, 0.2) is 28.4 Å². The van der Waals surface area contributed by atoms with Gasteiger partial charge in [0.05, 0.1) is 24.7 Å². The van der Waals surface area contributed by atoms with Crippen molar-refractivity contribution in [2.75, 3.05) is 7.11 Å². The number of benzene rings is 1. The number of hydrogen-bond acceptors (Lipinski definition) is 8. The van der Waals surface area contributed by atoms with Gasteiger partial charge in [0.1, 0.15) is 5.25 Å².